The van der Waals surface area contributed by atoms with Crippen LogP contribution in [0, 0.1) is 46.3 Å². The van der Waals surface area contributed by atoms with E-state index in [1.54, 1.807) is 5.57 Å². The molecule has 0 aliphatic heterocycles. The Hall–Kier alpha value is -0.560. The maximum Gasteiger partial charge on any atom is 0.0653 e. The minimum Gasteiger partial charge on any atom is -0.374 e. The smallest absolute Gasteiger partial charge is 0.0653 e. The highest BCUT2D eigenvalue weighted by atomic mass is 16.5. The van der Waals surface area contributed by atoms with Crippen LogP contribution in [0.1, 0.15) is 119 Å². The van der Waals surface area contributed by atoms with Gasteiger partial charge < -0.3 is 4.74 Å². The summed E-state index contributed by atoms with van der Waals surface area (Å²) in [5, 5.41) is 0. The van der Waals surface area contributed by atoms with Crippen molar-refractivity contribution in [3.8, 4) is 0 Å². The Bertz CT molecular complexity index is 727. The quantitative estimate of drug-likeness (QED) is 0.332. The van der Waals surface area contributed by atoms with Gasteiger partial charge in [0.25, 0.3) is 0 Å². The van der Waals surface area contributed by atoms with Gasteiger partial charge in [0, 0.05) is 0 Å². The number of ether oxygens (including phenoxy) is 1. The summed E-state index contributed by atoms with van der Waals surface area (Å²) in [6, 6.07) is 0. The molecule has 0 N–H and O–H groups in total. The van der Waals surface area contributed by atoms with E-state index in [9.17, 15) is 0 Å². The molecule has 0 heterocycles. The molecule has 8 atom stereocenters. The average molecular weight is 455 g/mol. The normalized spacial score (nSPS) is 41.1. The van der Waals surface area contributed by atoms with Crippen molar-refractivity contribution in [1.29, 1.82) is 0 Å². The molecular weight excluding hydrogens is 400 g/mol. The van der Waals surface area contributed by atoms with Crippen molar-refractivity contribution in [3.63, 3.8) is 0 Å². The van der Waals surface area contributed by atoms with Crippen LogP contribution in [0.4, 0.5) is 0 Å². The van der Waals surface area contributed by atoms with Gasteiger partial charge in [0.2, 0.25) is 0 Å². The molecule has 1 nitrogen and oxygen atoms in total. The number of fused-ring (bicyclic) bond motifs is 5. The van der Waals surface area contributed by atoms with Gasteiger partial charge >= 0.3 is 0 Å². The van der Waals surface area contributed by atoms with E-state index in [0.717, 1.165) is 42.1 Å². The maximum atomic E-state index is 6.28. The first-order chi connectivity index (χ1) is 15.6. The second kappa shape index (κ2) is 10.2. The lowest BCUT2D eigenvalue weighted by atomic mass is 9.47. The average Bonchev–Trinajstić information content (AvgIpc) is 3.10. The first-order valence-electron chi connectivity index (χ1n) is 14.6. The highest BCUT2D eigenvalue weighted by Gasteiger charge is 2.59. The van der Waals surface area contributed by atoms with Crippen LogP contribution in [0.5, 0.6) is 0 Å². The monoisotopic (exact) mass is 454 g/mol. The molecule has 1 heteroatoms. The number of hydrogen-bond donors (Lipinski definition) is 0. The Morgan fingerprint density at radius 3 is 2.55 bits per heavy atom. The Morgan fingerprint density at radius 1 is 1.03 bits per heavy atom. The lowest BCUT2D eigenvalue weighted by molar-refractivity contribution is -0.0621. The second-order valence-electron chi connectivity index (χ2n) is 13.8. The Morgan fingerprint density at radius 2 is 1.82 bits per heavy atom. The van der Waals surface area contributed by atoms with Crippen molar-refractivity contribution in [2.45, 2.75) is 125 Å². The summed E-state index contributed by atoms with van der Waals surface area (Å²) in [5.74, 6) is 5.56. The van der Waals surface area contributed by atoms with Gasteiger partial charge in [0.15, 0.2) is 0 Å². The van der Waals surface area contributed by atoms with E-state index in [0.29, 0.717) is 16.9 Å². The van der Waals surface area contributed by atoms with E-state index >= 15 is 0 Å². The largest absolute Gasteiger partial charge is 0.374 e. The predicted octanol–water partition coefficient (Wildman–Crippen LogP) is 9.38. The lowest BCUT2D eigenvalue weighted by Crippen LogP contribution is -2.51. The molecule has 0 radical (unpaired) electrons. The molecule has 4 rings (SSSR count). The van der Waals surface area contributed by atoms with E-state index in [2.05, 4.69) is 60.6 Å². The Labute approximate surface area is 206 Å². The summed E-state index contributed by atoms with van der Waals surface area (Å²) in [6.07, 6.45) is 20.8. The Kier molecular flexibility index (Phi) is 7.89. The van der Waals surface area contributed by atoms with Crippen LogP contribution in [-0.4, -0.2) is 12.7 Å². The van der Waals surface area contributed by atoms with Crippen molar-refractivity contribution >= 4 is 0 Å². The van der Waals surface area contributed by atoms with E-state index < -0.39 is 0 Å². The summed E-state index contributed by atoms with van der Waals surface area (Å²) in [4.78, 5) is 0. The van der Waals surface area contributed by atoms with Crippen molar-refractivity contribution in [3.05, 3.63) is 23.3 Å². The molecule has 0 spiro atoms. The highest BCUT2D eigenvalue weighted by Crippen LogP contribution is 2.67. The fourth-order valence-corrected chi connectivity index (χ4v) is 9.15. The van der Waals surface area contributed by atoms with Gasteiger partial charge in [-0.25, -0.2) is 0 Å². The molecule has 0 unspecified atom stereocenters. The summed E-state index contributed by atoms with van der Waals surface area (Å²) in [5.41, 5.74) is 4.17. The van der Waals surface area contributed by atoms with Gasteiger partial charge in [-0.1, -0.05) is 77.2 Å². The molecule has 0 bridgehead atoms. The van der Waals surface area contributed by atoms with E-state index in [1.807, 2.05) is 0 Å². The van der Waals surface area contributed by atoms with Crippen LogP contribution >= 0.6 is 0 Å². The molecule has 0 amide bonds. The lowest BCUT2D eigenvalue weighted by Gasteiger charge is -2.58. The molecular formula is C32H54O. The molecule has 0 aromatic heterocycles. The topological polar surface area (TPSA) is 9.23 Å². The molecule has 0 aromatic rings. The van der Waals surface area contributed by atoms with Crippen LogP contribution in [0.25, 0.3) is 0 Å². The van der Waals surface area contributed by atoms with Crippen LogP contribution in [-0.2, 0) is 4.74 Å². The molecule has 33 heavy (non-hydrogen) atoms. The number of hydrogen-bond acceptors (Lipinski definition) is 1. The molecule has 0 saturated heterocycles. The molecule has 4 aliphatic carbocycles. The SMILES string of the molecule is CC(C)=CCO[C@H]1CC[C@@]2(C)C(=CC[C@H]3[C@@H]4CC[C@H]([C@H](C)CCCC(C)C)[C@@]4(C)CC[C@@H]32)C1. The number of allylic oxidation sites excluding steroid dienone is 2. The van der Waals surface area contributed by atoms with E-state index in [-0.39, 0.29) is 0 Å². The van der Waals surface area contributed by atoms with E-state index in [1.165, 1.54) is 76.2 Å². The van der Waals surface area contributed by atoms with Gasteiger partial charge in [-0.05, 0) is 112 Å². The highest BCUT2D eigenvalue weighted by molar-refractivity contribution is 5.25. The third kappa shape index (κ3) is 5.05. The zero-order chi connectivity index (χ0) is 23.8. The minimum absolute atomic E-state index is 0.438. The van der Waals surface area contributed by atoms with Gasteiger partial charge in [-0.2, -0.15) is 0 Å². The summed E-state index contributed by atoms with van der Waals surface area (Å²) >= 11 is 0. The summed E-state index contributed by atoms with van der Waals surface area (Å²) < 4.78 is 6.28. The number of rotatable bonds is 8. The van der Waals surface area contributed by atoms with Gasteiger partial charge in [0.1, 0.15) is 0 Å². The Balaban J connectivity index is 1.42. The third-order valence-corrected chi connectivity index (χ3v) is 11.1. The van der Waals surface area contributed by atoms with Crippen LogP contribution in [0.3, 0.4) is 0 Å². The first-order valence-corrected chi connectivity index (χ1v) is 14.6. The fraction of sp³-hybridized carbons (Fsp3) is 0.875. The fourth-order valence-electron chi connectivity index (χ4n) is 9.15. The van der Waals surface area contributed by atoms with Crippen LogP contribution < -0.4 is 0 Å². The third-order valence-electron chi connectivity index (χ3n) is 11.1. The van der Waals surface area contributed by atoms with Crippen molar-refractivity contribution in [2.75, 3.05) is 6.61 Å². The van der Waals surface area contributed by atoms with Crippen molar-refractivity contribution < 1.29 is 4.74 Å². The zero-order valence-corrected chi connectivity index (χ0v) is 23.1. The zero-order valence-electron chi connectivity index (χ0n) is 23.1. The van der Waals surface area contributed by atoms with Gasteiger partial charge in [-0.3, -0.25) is 0 Å². The van der Waals surface area contributed by atoms with Crippen molar-refractivity contribution in [2.24, 2.45) is 46.3 Å². The standard InChI is InChI=1S/C32H54O/c1-22(2)9-8-10-24(5)28-13-14-29-27-12-11-25-21-26(33-20-17-23(3)4)15-18-31(25,6)30(27)16-19-32(28,29)7/h11,17,22,24,26-30H,8-10,12-16,18-21H2,1-7H3/t24-,26+,27+,28-,29+,30+,31+,32-/m1/s1. The molecule has 188 valence electrons. The summed E-state index contributed by atoms with van der Waals surface area (Å²) in [6.45, 7) is 17.9. The van der Waals surface area contributed by atoms with E-state index in [4.69, 9.17) is 4.74 Å². The first kappa shape index (κ1) is 25.5. The molecule has 0 aromatic carbocycles. The van der Waals surface area contributed by atoms with Gasteiger partial charge in [0.05, 0.1) is 12.7 Å². The van der Waals surface area contributed by atoms with Crippen LogP contribution in [0.2, 0.25) is 0 Å². The minimum atomic E-state index is 0.438. The maximum absolute atomic E-state index is 6.28. The van der Waals surface area contributed by atoms with Crippen LogP contribution in [0.15, 0.2) is 23.3 Å². The molecule has 4 aliphatic rings. The molecule has 3 fully saturated rings. The predicted molar refractivity (Wildman–Crippen MR) is 142 cm³/mol. The van der Waals surface area contributed by atoms with Crippen molar-refractivity contribution in [1.82, 2.24) is 0 Å². The van der Waals surface area contributed by atoms with Gasteiger partial charge in [-0.15, -0.1) is 0 Å². The summed E-state index contributed by atoms with van der Waals surface area (Å²) in [7, 11) is 0. The molecule has 3 saturated carbocycles. The second-order valence-corrected chi connectivity index (χ2v) is 13.8.